The van der Waals surface area contributed by atoms with Crippen molar-refractivity contribution in [3.8, 4) is 5.75 Å². The molecule has 0 aliphatic carbocycles. The molecule has 0 atom stereocenters. The Balaban J connectivity index is 2.22. The molecule has 0 aliphatic rings. The SMILES string of the molecule is NC(=O)c1cccc(N)c1OCc1nccs1. The summed E-state index contributed by atoms with van der Waals surface area (Å²) in [4.78, 5) is 15.3. The molecule has 1 amide bonds. The topological polar surface area (TPSA) is 91.2 Å². The third-order valence-electron chi connectivity index (χ3n) is 2.13. The molecule has 0 fully saturated rings. The van der Waals surface area contributed by atoms with E-state index in [4.69, 9.17) is 16.2 Å². The number of benzene rings is 1. The molecule has 17 heavy (non-hydrogen) atoms. The van der Waals surface area contributed by atoms with E-state index in [2.05, 4.69) is 4.98 Å². The summed E-state index contributed by atoms with van der Waals surface area (Å²) in [6.07, 6.45) is 1.69. The Hall–Kier alpha value is -2.08. The molecule has 1 aromatic heterocycles. The van der Waals surface area contributed by atoms with Crippen LogP contribution in [-0.4, -0.2) is 10.9 Å². The van der Waals surface area contributed by atoms with Crippen LogP contribution in [-0.2, 0) is 6.61 Å². The van der Waals surface area contributed by atoms with Gasteiger partial charge in [0.15, 0.2) is 5.75 Å². The van der Waals surface area contributed by atoms with E-state index >= 15 is 0 Å². The van der Waals surface area contributed by atoms with Crippen molar-refractivity contribution in [3.05, 3.63) is 40.3 Å². The van der Waals surface area contributed by atoms with Crippen LogP contribution in [0.2, 0.25) is 0 Å². The zero-order valence-electron chi connectivity index (χ0n) is 8.92. The third-order valence-corrected chi connectivity index (χ3v) is 2.89. The van der Waals surface area contributed by atoms with Crippen LogP contribution in [0.5, 0.6) is 5.75 Å². The van der Waals surface area contributed by atoms with Crippen LogP contribution in [0.3, 0.4) is 0 Å². The number of nitrogens with zero attached hydrogens (tertiary/aromatic N) is 1. The minimum Gasteiger partial charge on any atom is -0.483 e. The summed E-state index contributed by atoms with van der Waals surface area (Å²) in [5.41, 5.74) is 11.7. The lowest BCUT2D eigenvalue weighted by Gasteiger charge is -2.10. The van der Waals surface area contributed by atoms with Crippen molar-refractivity contribution in [2.75, 3.05) is 5.73 Å². The fourth-order valence-corrected chi connectivity index (χ4v) is 1.90. The molecule has 0 unspecified atom stereocenters. The van der Waals surface area contributed by atoms with Gasteiger partial charge < -0.3 is 16.2 Å². The second-order valence-corrected chi connectivity index (χ2v) is 4.28. The molecule has 2 aromatic rings. The highest BCUT2D eigenvalue weighted by Gasteiger charge is 2.12. The van der Waals surface area contributed by atoms with Gasteiger partial charge in [0.1, 0.15) is 11.6 Å². The Labute approximate surface area is 102 Å². The Morgan fingerprint density at radius 2 is 2.29 bits per heavy atom. The lowest BCUT2D eigenvalue weighted by molar-refractivity contribution is 0.0996. The molecule has 0 aliphatic heterocycles. The highest BCUT2D eigenvalue weighted by atomic mass is 32.1. The fraction of sp³-hybridized carbons (Fsp3) is 0.0909. The quantitative estimate of drug-likeness (QED) is 0.801. The van der Waals surface area contributed by atoms with Gasteiger partial charge >= 0.3 is 0 Å². The second kappa shape index (κ2) is 4.84. The maximum absolute atomic E-state index is 11.2. The minimum absolute atomic E-state index is 0.270. The number of nitrogens with two attached hydrogens (primary N) is 2. The lowest BCUT2D eigenvalue weighted by Crippen LogP contribution is -2.14. The predicted octanol–water partition coefficient (Wildman–Crippen LogP) is 1.40. The van der Waals surface area contributed by atoms with Gasteiger partial charge in [-0.1, -0.05) is 6.07 Å². The van der Waals surface area contributed by atoms with Crippen molar-refractivity contribution < 1.29 is 9.53 Å². The largest absolute Gasteiger partial charge is 0.483 e. The number of thiazole rings is 1. The normalized spacial score (nSPS) is 10.1. The van der Waals surface area contributed by atoms with E-state index in [1.807, 2.05) is 5.38 Å². The van der Waals surface area contributed by atoms with Crippen molar-refractivity contribution in [1.82, 2.24) is 4.98 Å². The van der Waals surface area contributed by atoms with E-state index in [1.165, 1.54) is 11.3 Å². The second-order valence-electron chi connectivity index (χ2n) is 3.30. The Morgan fingerprint density at radius 3 is 2.94 bits per heavy atom. The summed E-state index contributed by atoms with van der Waals surface area (Å²) < 4.78 is 5.50. The first kappa shape index (κ1) is 11.4. The molecule has 88 valence electrons. The number of primary amides is 1. The molecule has 1 aromatic carbocycles. The van der Waals surface area contributed by atoms with Crippen molar-refractivity contribution in [3.63, 3.8) is 0 Å². The van der Waals surface area contributed by atoms with E-state index in [0.29, 0.717) is 11.4 Å². The maximum atomic E-state index is 11.2. The lowest BCUT2D eigenvalue weighted by atomic mass is 10.1. The number of nitrogen functional groups attached to an aromatic ring is 1. The van der Waals surface area contributed by atoms with E-state index in [1.54, 1.807) is 24.4 Å². The van der Waals surface area contributed by atoms with Crippen LogP contribution >= 0.6 is 11.3 Å². The van der Waals surface area contributed by atoms with Crippen LogP contribution in [0.25, 0.3) is 0 Å². The van der Waals surface area contributed by atoms with Crippen molar-refractivity contribution >= 4 is 22.9 Å². The van der Waals surface area contributed by atoms with Crippen LogP contribution in [0, 0.1) is 0 Å². The van der Waals surface area contributed by atoms with Crippen LogP contribution in [0.15, 0.2) is 29.8 Å². The monoisotopic (exact) mass is 249 g/mol. The average molecular weight is 249 g/mol. The minimum atomic E-state index is -0.563. The average Bonchev–Trinajstić information content (AvgIpc) is 2.80. The number of hydrogen-bond donors (Lipinski definition) is 2. The zero-order chi connectivity index (χ0) is 12.3. The molecular weight excluding hydrogens is 238 g/mol. The summed E-state index contributed by atoms with van der Waals surface area (Å²) >= 11 is 1.47. The molecular formula is C11H11N3O2S. The summed E-state index contributed by atoms with van der Waals surface area (Å²) in [7, 11) is 0. The van der Waals surface area contributed by atoms with Crippen LogP contribution in [0.4, 0.5) is 5.69 Å². The number of anilines is 1. The summed E-state index contributed by atoms with van der Waals surface area (Å²) in [5.74, 6) is -0.248. The number of carbonyl (C=O) groups excluding carboxylic acids is 1. The highest BCUT2D eigenvalue weighted by molar-refractivity contribution is 7.09. The molecule has 0 radical (unpaired) electrons. The van der Waals surface area contributed by atoms with E-state index < -0.39 is 5.91 Å². The maximum Gasteiger partial charge on any atom is 0.252 e. The first-order valence-electron chi connectivity index (χ1n) is 4.88. The number of aromatic nitrogens is 1. The number of carbonyl (C=O) groups is 1. The number of rotatable bonds is 4. The van der Waals surface area contributed by atoms with Crippen LogP contribution < -0.4 is 16.2 Å². The molecule has 0 bridgehead atoms. The van der Waals surface area contributed by atoms with Gasteiger partial charge in [-0.15, -0.1) is 11.3 Å². The molecule has 0 saturated heterocycles. The summed E-state index contributed by atoms with van der Waals surface area (Å²) in [5, 5.41) is 2.66. The number of para-hydroxylation sites is 1. The van der Waals surface area contributed by atoms with Crippen molar-refractivity contribution in [1.29, 1.82) is 0 Å². The molecule has 2 rings (SSSR count). The summed E-state index contributed by atoms with van der Waals surface area (Å²) in [6.45, 7) is 0.270. The molecule has 6 heteroatoms. The molecule has 1 heterocycles. The van der Waals surface area contributed by atoms with Crippen molar-refractivity contribution in [2.24, 2.45) is 5.73 Å². The van der Waals surface area contributed by atoms with Crippen molar-refractivity contribution in [2.45, 2.75) is 6.61 Å². The Morgan fingerprint density at radius 1 is 1.47 bits per heavy atom. The molecule has 4 N–H and O–H groups in total. The van der Waals surface area contributed by atoms with Gasteiger partial charge in [-0.25, -0.2) is 4.98 Å². The third kappa shape index (κ3) is 2.54. The smallest absolute Gasteiger partial charge is 0.252 e. The van der Waals surface area contributed by atoms with Gasteiger partial charge in [-0.05, 0) is 12.1 Å². The Kier molecular flexibility index (Phi) is 3.24. The van der Waals surface area contributed by atoms with Gasteiger partial charge in [0, 0.05) is 11.6 Å². The van der Waals surface area contributed by atoms with Gasteiger partial charge in [0.2, 0.25) is 0 Å². The Bertz CT molecular complexity index is 526. The van der Waals surface area contributed by atoms with Gasteiger partial charge in [-0.3, -0.25) is 4.79 Å². The van der Waals surface area contributed by atoms with E-state index in [0.717, 1.165) is 5.01 Å². The fourth-order valence-electron chi connectivity index (χ4n) is 1.37. The van der Waals surface area contributed by atoms with E-state index in [9.17, 15) is 4.79 Å². The zero-order valence-corrected chi connectivity index (χ0v) is 9.74. The van der Waals surface area contributed by atoms with Gasteiger partial charge in [0.05, 0.1) is 11.3 Å². The van der Waals surface area contributed by atoms with Gasteiger partial charge in [0.25, 0.3) is 5.91 Å². The standard InChI is InChI=1S/C11H11N3O2S/c12-8-3-1-2-7(11(13)15)10(8)16-6-9-14-4-5-17-9/h1-5H,6,12H2,(H2,13,15). The molecule has 0 saturated carbocycles. The number of hydrogen-bond acceptors (Lipinski definition) is 5. The van der Waals surface area contributed by atoms with Gasteiger partial charge in [-0.2, -0.15) is 0 Å². The number of ether oxygens (including phenoxy) is 1. The summed E-state index contributed by atoms with van der Waals surface area (Å²) in [6, 6.07) is 4.89. The predicted molar refractivity (Wildman–Crippen MR) is 65.8 cm³/mol. The first-order valence-corrected chi connectivity index (χ1v) is 5.76. The van der Waals surface area contributed by atoms with E-state index in [-0.39, 0.29) is 12.2 Å². The molecule has 5 nitrogen and oxygen atoms in total. The number of amides is 1. The highest BCUT2D eigenvalue weighted by Crippen LogP contribution is 2.27. The van der Waals surface area contributed by atoms with Crippen LogP contribution in [0.1, 0.15) is 15.4 Å². The molecule has 0 spiro atoms. The first-order chi connectivity index (χ1) is 8.18.